The predicted molar refractivity (Wildman–Crippen MR) is 139 cm³/mol. The van der Waals surface area contributed by atoms with Crippen LogP contribution in [0.4, 0.5) is 0 Å². The maximum absolute atomic E-state index is 13.6. The lowest BCUT2D eigenvalue weighted by molar-refractivity contribution is -0.160. The van der Waals surface area contributed by atoms with Crippen molar-refractivity contribution in [2.75, 3.05) is 33.3 Å². The van der Waals surface area contributed by atoms with Crippen molar-refractivity contribution in [3.63, 3.8) is 0 Å². The Bertz CT molecular complexity index is 1350. The van der Waals surface area contributed by atoms with Gasteiger partial charge in [-0.1, -0.05) is 11.6 Å². The van der Waals surface area contributed by atoms with Crippen LogP contribution in [0.3, 0.4) is 0 Å². The van der Waals surface area contributed by atoms with Gasteiger partial charge in [-0.2, -0.15) is 9.40 Å². The summed E-state index contributed by atoms with van der Waals surface area (Å²) in [6.45, 7) is 0.716. The van der Waals surface area contributed by atoms with Crippen LogP contribution in [-0.4, -0.2) is 78.6 Å². The number of methoxy groups -OCH3 is 1. The van der Waals surface area contributed by atoms with Crippen molar-refractivity contribution in [2.45, 2.75) is 24.9 Å². The molecular formula is C23H28ClN5O6S2. The number of rotatable bonds is 7. The Labute approximate surface area is 223 Å². The number of piperidine rings is 1. The third-order valence-electron chi connectivity index (χ3n) is 6.56. The van der Waals surface area contributed by atoms with Gasteiger partial charge in [-0.3, -0.25) is 9.59 Å². The molecule has 0 bridgehead atoms. The molecule has 2 aliphatic rings. The molecule has 2 aliphatic heterocycles. The molecule has 2 fully saturated rings. The second kappa shape index (κ2) is 11.4. The van der Waals surface area contributed by atoms with Crippen molar-refractivity contribution in [3.05, 3.63) is 54.9 Å². The first-order valence-corrected chi connectivity index (χ1v) is 14.4. The van der Waals surface area contributed by atoms with E-state index in [-0.39, 0.29) is 18.0 Å². The van der Waals surface area contributed by atoms with Gasteiger partial charge in [-0.15, -0.1) is 11.3 Å². The van der Waals surface area contributed by atoms with E-state index in [1.165, 1.54) is 47.2 Å². The van der Waals surface area contributed by atoms with Crippen LogP contribution < -0.4 is 10.9 Å². The molecular weight excluding hydrogens is 542 g/mol. The number of carbonyl (C=O) groups excluding carboxylic acids is 2. The number of esters is 1. The molecule has 4 rings (SSSR count). The summed E-state index contributed by atoms with van der Waals surface area (Å²) in [5.74, 6) is -1.34. The summed E-state index contributed by atoms with van der Waals surface area (Å²) in [6, 6.07) is 4.44. The molecule has 37 heavy (non-hydrogen) atoms. The minimum Gasteiger partial charge on any atom is -0.467 e. The van der Waals surface area contributed by atoms with E-state index in [1.807, 2.05) is 0 Å². The van der Waals surface area contributed by atoms with E-state index < -0.39 is 40.5 Å². The van der Waals surface area contributed by atoms with E-state index in [2.05, 4.69) is 10.4 Å². The first-order valence-electron chi connectivity index (χ1n) is 11.7. The maximum Gasteiger partial charge on any atom is 0.329 e. The van der Waals surface area contributed by atoms with Gasteiger partial charge >= 0.3 is 5.97 Å². The largest absolute Gasteiger partial charge is 0.467 e. The zero-order valence-electron chi connectivity index (χ0n) is 20.4. The predicted octanol–water partition coefficient (Wildman–Crippen LogP) is 1.22. The van der Waals surface area contributed by atoms with Crippen molar-refractivity contribution >= 4 is 50.9 Å². The highest BCUT2D eigenvalue weighted by atomic mass is 35.5. The van der Waals surface area contributed by atoms with E-state index in [9.17, 15) is 22.8 Å². The van der Waals surface area contributed by atoms with Gasteiger partial charge in [0.15, 0.2) is 0 Å². The first-order chi connectivity index (χ1) is 17.6. The SMILES string of the molecule is COC(=O)[C@H]1CN(S(=O)(=O)/C=C/c2ccc(Cl)s2)CC(=O)N1C(c1ccc(=O)n(C)n1)C1CCNCC1. The smallest absolute Gasteiger partial charge is 0.329 e. The number of carbonyl (C=O) groups is 2. The van der Waals surface area contributed by atoms with E-state index in [1.54, 1.807) is 18.2 Å². The van der Waals surface area contributed by atoms with Crippen LogP contribution in [0.25, 0.3) is 6.08 Å². The Morgan fingerprint density at radius 2 is 1.97 bits per heavy atom. The van der Waals surface area contributed by atoms with Crippen LogP contribution in [-0.2, 0) is 31.4 Å². The number of ether oxygens (including phenoxy) is 1. The monoisotopic (exact) mass is 569 g/mol. The fourth-order valence-electron chi connectivity index (χ4n) is 4.72. The van der Waals surface area contributed by atoms with Crippen LogP contribution in [0.5, 0.6) is 0 Å². The van der Waals surface area contributed by atoms with Crippen LogP contribution in [0.1, 0.15) is 29.5 Å². The lowest BCUT2D eigenvalue weighted by atomic mass is 9.85. The number of nitrogens with one attached hydrogen (secondary N) is 1. The highest BCUT2D eigenvalue weighted by Crippen LogP contribution is 2.37. The number of nitrogens with zero attached hydrogens (tertiary/aromatic N) is 4. The number of hydrogen-bond acceptors (Lipinski definition) is 9. The van der Waals surface area contributed by atoms with Crippen molar-refractivity contribution in [1.82, 2.24) is 24.3 Å². The molecule has 11 nitrogen and oxygen atoms in total. The minimum absolute atomic E-state index is 0.0611. The van der Waals surface area contributed by atoms with Crippen molar-refractivity contribution in [2.24, 2.45) is 13.0 Å². The Morgan fingerprint density at radius 1 is 1.24 bits per heavy atom. The van der Waals surface area contributed by atoms with Crippen LogP contribution in [0, 0.1) is 5.92 Å². The fourth-order valence-corrected chi connectivity index (χ4v) is 6.90. The van der Waals surface area contributed by atoms with Crippen molar-refractivity contribution < 1.29 is 22.7 Å². The first kappa shape index (κ1) is 27.5. The Morgan fingerprint density at radius 3 is 2.59 bits per heavy atom. The van der Waals surface area contributed by atoms with Crippen molar-refractivity contribution in [3.8, 4) is 0 Å². The van der Waals surface area contributed by atoms with E-state index in [0.29, 0.717) is 27.7 Å². The Balaban J connectivity index is 1.70. The average Bonchev–Trinajstić information content (AvgIpc) is 3.31. The minimum atomic E-state index is -4.04. The fraction of sp³-hybridized carbons (Fsp3) is 0.478. The van der Waals surface area contributed by atoms with E-state index in [4.69, 9.17) is 16.3 Å². The zero-order chi connectivity index (χ0) is 26.7. The molecule has 0 aromatic carbocycles. The van der Waals surface area contributed by atoms with Gasteiger partial charge in [-0.25, -0.2) is 17.9 Å². The summed E-state index contributed by atoms with van der Waals surface area (Å²) in [7, 11) is -1.33. The standard InChI is InChI=1S/C23H28ClN5O6S2/c1-27-20(30)6-4-17(26-27)22(15-7-10-25-11-8-15)29-18(23(32)35-2)13-28(14-21(29)31)37(33,34)12-9-16-3-5-19(24)36-16/h3-6,9,12,15,18,22,25H,7-8,10-11,13-14H2,1-2H3/b12-9+/t18-,22?/m1/s1. The van der Waals surface area contributed by atoms with E-state index in [0.717, 1.165) is 22.8 Å². The van der Waals surface area contributed by atoms with Gasteiger partial charge in [0, 0.05) is 29.9 Å². The number of hydrogen-bond donors (Lipinski definition) is 1. The number of thiophene rings is 1. The number of aryl methyl sites for hydroxylation is 1. The summed E-state index contributed by atoms with van der Waals surface area (Å²) < 4.78 is 33.9. The average molecular weight is 570 g/mol. The maximum atomic E-state index is 13.6. The number of halogens is 1. The van der Waals surface area contributed by atoms with Gasteiger partial charge in [0.1, 0.15) is 6.04 Å². The van der Waals surface area contributed by atoms with Crippen LogP contribution >= 0.6 is 22.9 Å². The van der Waals surface area contributed by atoms with Crippen molar-refractivity contribution in [1.29, 1.82) is 0 Å². The lowest BCUT2D eigenvalue weighted by Gasteiger charge is -2.45. The topological polar surface area (TPSA) is 131 Å². The van der Waals surface area contributed by atoms with Gasteiger partial charge in [0.25, 0.3) is 5.56 Å². The highest BCUT2D eigenvalue weighted by molar-refractivity contribution is 7.92. The van der Waals surface area contributed by atoms with Gasteiger partial charge in [-0.05, 0) is 56.1 Å². The van der Waals surface area contributed by atoms with E-state index >= 15 is 0 Å². The number of amides is 1. The summed E-state index contributed by atoms with van der Waals surface area (Å²) in [6.07, 6.45) is 2.82. The molecule has 1 unspecified atom stereocenters. The summed E-state index contributed by atoms with van der Waals surface area (Å²) in [5.41, 5.74) is 0.153. The van der Waals surface area contributed by atoms with Gasteiger partial charge in [0.05, 0.1) is 29.7 Å². The van der Waals surface area contributed by atoms with Crippen LogP contribution in [0.2, 0.25) is 4.34 Å². The molecule has 4 heterocycles. The Kier molecular flexibility index (Phi) is 8.49. The quantitative estimate of drug-likeness (QED) is 0.493. The third kappa shape index (κ3) is 6.12. The van der Waals surface area contributed by atoms with Crippen LogP contribution in [0.15, 0.2) is 34.5 Å². The lowest BCUT2D eigenvalue weighted by Crippen LogP contribution is -2.62. The summed E-state index contributed by atoms with van der Waals surface area (Å²) in [4.78, 5) is 40.6. The molecule has 14 heteroatoms. The highest BCUT2D eigenvalue weighted by Gasteiger charge is 2.47. The molecule has 0 aliphatic carbocycles. The molecule has 200 valence electrons. The molecule has 2 aromatic rings. The molecule has 2 atom stereocenters. The molecule has 0 saturated carbocycles. The number of aromatic nitrogens is 2. The molecule has 1 N–H and O–H groups in total. The molecule has 2 aromatic heterocycles. The summed E-state index contributed by atoms with van der Waals surface area (Å²) >= 11 is 7.14. The second-order valence-electron chi connectivity index (χ2n) is 8.87. The Hall–Kier alpha value is -2.58. The second-order valence-corrected chi connectivity index (χ2v) is 12.4. The normalized spacial score (nSPS) is 20.9. The van der Waals surface area contributed by atoms with Gasteiger partial charge < -0.3 is 15.0 Å². The molecule has 1 amide bonds. The molecule has 0 spiro atoms. The third-order valence-corrected chi connectivity index (χ3v) is 9.23. The number of sulfonamides is 1. The molecule has 2 saturated heterocycles. The van der Waals surface area contributed by atoms with Gasteiger partial charge in [0.2, 0.25) is 15.9 Å². The molecule has 0 radical (unpaired) electrons. The zero-order valence-corrected chi connectivity index (χ0v) is 22.8. The summed E-state index contributed by atoms with van der Waals surface area (Å²) in [5, 5.41) is 8.68. The number of piperazine rings is 1.